The van der Waals surface area contributed by atoms with Crippen LogP contribution in [0.3, 0.4) is 0 Å². The van der Waals surface area contributed by atoms with Crippen molar-refractivity contribution in [3.8, 4) is 17.0 Å². The fraction of sp³-hybridized carbons (Fsp3) is 0.308. The van der Waals surface area contributed by atoms with E-state index in [4.69, 9.17) is 4.74 Å². The first-order chi connectivity index (χ1) is 24.2. The minimum atomic E-state index is -0.471. The summed E-state index contributed by atoms with van der Waals surface area (Å²) < 4.78 is 24.3. The van der Waals surface area contributed by atoms with E-state index >= 15 is 4.39 Å². The van der Waals surface area contributed by atoms with Crippen LogP contribution < -0.4 is 4.90 Å². The number of aromatic nitrogens is 3. The Labute approximate surface area is 290 Å². The summed E-state index contributed by atoms with van der Waals surface area (Å²) in [4.78, 5) is 35.1. The zero-order chi connectivity index (χ0) is 34.9. The summed E-state index contributed by atoms with van der Waals surface area (Å²) in [6, 6.07) is 20.6. The van der Waals surface area contributed by atoms with E-state index in [1.807, 2.05) is 35.4 Å². The quantitative estimate of drug-likeness (QED) is 0.219. The number of aryl methyl sites for hydroxylation is 1. The lowest BCUT2D eigenvalue weighted by molar-refractivity contribution is 0.0193. The van der Waals surface area contributed by atoms with Crippen LogP contribution in [0.1, 0.15) is 44.5 Å². The van der Waals surface area contributed by atoms with Gasteiger partial charge in [0.1, 0.15) is 11.6 Å². The van der Waals surface area contributed by atoms with Crippen molar-refractivity contribution in [2.24, 2.45) is 7.05 Å². The maximum atomic E-state index is 15.2. The van der Waals surface area contributed by atoms with Crippen LogP contribution in [0.15, 0.2) is 85.2 Å². The topological polar surface area (TPSA) is 96.1 Å². The van der Waals surface area contributed by atoms with Crippen molar-refractivity contribution < 1.29 is 23.8 Å². The molecular weight excluding hydrogens is 635 g/mol. The average Bonchev–Trinajstić information content (AvgIpc) is 3.70. The lowest BCUT2D eigenvalue weighted by Gasteiger charge is -2.40. The number of aromatic hydroxyl groups is 1. The molecule has 0 radical (unpaired) electrons. The molecule has 2 aromatic heterocycles. The molecule has 0 aliphatic carbocycles. The van der Waals surface area contributed by atoms with E-state index in [0.717, 1.165) is 25.1 Å². The van der Waals surface area contributed by atoms with Gasteiger partial charge in [-0.3, -0.25) is 24.1 Å². The maximum absolute atomic E-state index is 15.2. The number of hydrogen-bond acceptors (Lipinski definition) is 6. The molecule has 0 saturated carbocycles. The second kappa shape index (κ2) is 13.9. The van der Waals surface area contributed by atoms with Crippen molar-refractivity contribution in [1.82, 2.24) is 24.1 Å². The first-order valence-corrected chi connectivity index (χ1v) is 17.0. The summed E-state index contributed by atoms with van der Waals surface area (Å²) in [7, 11) is 1.77. The smallest absolute Gasteiger partial charge is 0.264 e. The Hall–Kier alpha value is -5.26. The van der Waals surface area contributed by atoms with Gasteiger partial charge < -0.3 is 19.3 Å². The molecule has 0 bridgehead atoms. The molecule has 5 aromatic rings. The predicted octanol–water partition coefficient (Wildman–Crippen LogP) is 5.94. The number of amides is 2. The van der Waals surface area contributed by atoms with Crippen LogP contribution in [0, 0.1) is 12.7 Å². The SMILES string of the molecule is CCn1c(-c2cc(F)ccc2C(=O)N2Cc3ccccc3C[C@H]2CN2CCOCC2)cc(C(=O)N(c2ccc(O)cc2)c2cnn(C)c2)c1C. The van der Waals surface area contributed by atoms with Crippen molar-refractivity contribution in [1.29, 1.82) is 0 Å². The Bertz CT molecular complexity index is 2030. The van der Waals surface area contributed by atoms with E-state index in [-0.39, 0.29) is 23.6 Å². The maximum Gasteiger partial charge on any atom is 0.264 e. The number of rotatable bonds is 8. The van der Waals surface area contributed by atoms with E-state index in [0.29, 0.717) is 72.3 Å². The summed E-state index contributed by atoms with van der Waals surface area (Å²) in [6.07, 6.45) is 4.07. The fourth-order valence-corrected chi connectivity index (χ4v) is 7.26. The van der Waals surface area contributed by atoms with Crippen LogP contribution in [0.2, 0.25) is 0 Å². The number of morpholine rings is 1. The molecule has 2 aliphatic rings. The van der Waals surface area contributed by atoms with Crippen molar-refractivity contribution in [2.75, 3.05) is 37.7 Å². The van der Waals surface area contributed by atoms with E-state index in [9.17, 15) is 14.7 Å². The highest BCUT2D eigenvalue weighted by molar-refractivity contribution is 6.12. The third-order valence-electron chi connectivity index (χ3n) is 9.85. The molecule has 3 aromatic carbocycles. The number of ether oxygens (including phenoxy) is 1. The predicted molar refractivity (Wildman–Crippen MR) is 189 cm³/mol. The molecule has 258 valence electrons. The highest BCUT2D eigenvalue weighted by Gasteiger charge is 2.34. The highest BCUT2D eigenvalue weighted by atomic mass is 19.1. The molecule has 11 heteroatoms. The molecule has 4 heterocycles. The molecule has 1 fully saturated rings. The number of fused-ring (bicyclic) bond motifs is 1. The summed E-state index contributed by atoms with van der Waals surface area (Å²) in [5, 5.41) is 14.2. The van der Waals surface area contributed by atoms with Gasteiger partial charge in [-0.15, -0.1) is 0 Å². The Morgan fingerprint density at radius 1 is 0.980 bits per heavy atom. The summed E-state index contributed by atoms with van der Waals surface area (Å²) >= 11 is 0. The first kappa shape index (κ1) is 33.2. The molecule has 50 heavy (non-hydrogen) atoms. The number of carbonyl (C=O) groups excluding carboxylic acids is 2. The van der Waals surface area contributed by atoms with Gasteiger partial charge in [-0.1, -0.05) is 24.3 Å². The van der Waals surface area contributed by atoms with Crippen molar-refractivity contribution in [2.45, 2.75) is 39.4 Å². The molecule has 1 atom stereocenters. The third-order valence-corrected chi connectivity index (χ3v) is 9.85. The molecular formula is C39H41FN6O4. The van der Waals surface area contributed by atoms with Crippen molar-refractivity contribution in [3.63, 3.8) is 0 Å². The second-order valence-corrected chi connectivity index (χ2v) is 13.0. The Balaban J connectivity index is 1.29. The van der Waals surface area contributed by atoms with Gasteiger partial charge in [0.25, 0.3) is 11.8 Å². The number of phenolic OH excluding ortho intramolecular Hbond substituents is 1. The van der Waals surface area contributed by atoms with Crippen LogP contribution in [0.4, 0.5) is 15.8 Å². The van der Waals surface area contributed by atoms with Gasteiger partial charge in [-0.25, -0.2) is 4.39 Å². The minimum Gasteiger partial charge on any atom is -0.508 e. The summed E-state index contributed by atoms with van der Waals surface area (Å²) in [5.41, 5.74) is 5.91. The average molecular weight is 677 g/mol. The molecule has 1 saturated heterocycles. The fourth-order valence-electron chi connectivity index (χ4n) is 7.26. The molecule has 2 aliphatic heterocycles. The van der Waals surface area contributed by atoms with Gasteiger partial charge in [0, 0.05) is 80.2 Å². The molecule has 2 amide bonds. The van der Waals surface area contributed by atoms with Crippen LogP contribution in [0.5, 0.6) is 5.75 Å². The van der Waals surface area contributed by atoms with Gasteiger partial charge in [0.2, 0.25) is 0 Å². The number of nitrogens with zero attached hydrogens (tertiary/aromatic N) is 6. The monoisotopic (exact) mass is 676 g/mol. The number of benzene rings is 3. The summed E-state index contributed by atoms with van der Waals surface area (Å²) in [6.45, 7) is 8.42. The van der Waals surface area contributed by atoms with Gasteiger partial charge >= 0.3 is 0 Å². The highest BCUT2D eigenvalue weighted by Crippen LogP contribution is 2.35. The molecule has 7 rings (SSSR count). The normalized spacial score (nSPS) is 16.3. The lowest BCUT2D eigenvalue weighted by atomic mass is 9.92. The van der Waals surface area contributed by atoms with Gasteiger partial charge in [-0.2, -0.15) is 5.10 Å². The van der Waals surface area contributed by atoms with Crippen LogP contribution in [0.25, 0.3) is 11.3 Å². The van der Waals surface area contributed by atoms with Gasteiger partial charge in [0.05, 0.1) is 30.7 Å². The second-order valence-electron chi connectivity index (χ2n) is 13.0. The van der Waals surface area contributed by atoms with Crippen LogP contribution >= 0.6 is 0 Å². The zero-order valence-corrected chi connectivity index (χ0v) is 28.6. The number of carbonyl (C=O) groups is 2. The number of phenols is 1. The van der Waals surface area contributed by atoms with E-state index in [1.54, 1.807) is 48.4 Å². The van der Waals surface area contributed by atoms with Gasteiger partial charge in [-0.05, 0) is 79.9 Å². The van der Waals surface area contributed by atoms with Gasteiger partial charge in [0.15, 0.2) is 0 Å². The van der Waals surface area contributed by atoms with E-state index in [1.165, 1.54) is 34.7 Å². The minimum absolute atomic E-state index is 0.0793. The van der Waals surface area contributed by atoms with Crippen LogP contribution in [-0.2, 0) is 31.3 Å². The third kappa shape index (κ3) is 6.41. The molecule has 1 N–H and O–H groups in total. The number of halogens is 1. The standard InChI is InChI=1S/C39H41FN6O4/c1-4-44-26(2)35(39(49)46(32-22-41-42(3)24-32)30-10-12-33(47)13-11-30)21-37(44)36-20-29(40)9-14-34(36)38(48)45-23-28-8-6-5-7-27(28)19-31(45)25-43-15-17-50-18-16-43/h5-14,20-22,24,31,47H,4,15-19,23,25H2,1-3H3/t31-/m0/s1. The first-order valence-electron chi connectivity index (χ1n) is 17.0. The van der Waals surface area contributed by atoms with Crippen molar-refractivity contribution >= 4 is 23.2 Å². The zero-order valence-electron chi connectivity index (χ0n) is 28.6. The summed E-state index contributed by atoms with van der Waals surface area (Å²) in [5.74, 6) is -0.892. The Morgan fingerprint density at radius 3 is 2.42 bits per heavy atom. The van der Waals surface area contributed by atoms with E-state index < -0.39 is 5.82 Å². The van der Waals surface area contributed by atoms with E-state index in [2.05, 4.69) is 22.1 Å². The molecule has 0 spiro atoms. The molecule has 10 nitrogen and oxygen atoms in total. The van der Waals surface area contributed by atoms with Crippen LogP contribution in [-0.4, -0.2) is 80.0 Å². The largest absolute Gasteiger partial charge is 0.508 e. The number of hydrogen-bond donors (Lipinski definition) is 1. The van der Waals surface area contributed by atoms with Crippen molar-refractivity contribution in [3.05, 3.63) is 119 Å². The molecule has 0 unspecified atom stereocenters. The Morgan fingerprint density at radius 2 is 1.72 bits per heavy atom. The number of anilines is 2. The Kier molecular flexibility index (Phi) is 9.26. The lowest BCUT2D eigenvalue weighted by Crippen LogP contribution is -2.52.